The van der Waals surface area contributed by atoms with Crippen LogP contribution in [0.1, 0.15) is 45.7 Å². The molecule has 12 heteroatoms. The molecule has 2 aliphatic rings. The molecule has 1 saturated carbocycles. The van der Waals surface area contributed by atoms with E-state index >= 15 is 0 Å². The Morgan fingerprint density at radius 3 is 2.53 bits per heavy atom. The third-order valence-electron chi connectivity index (χ3n) is 6.54. The molecule has 3 N–H and O–H groups in total. The van der Waals surface area contributed by atoms with Crippen molar-refractivity contribution in [3.63, 3.8) is 0 Å². The van der Waals surface area contributed by atoms with E-state index in [2.05, 4.69) is 30.8 Å². The summed E-state index contributed by atoms with van der Waals surface area (Å²) in [5.74, 6) is 1.87. The normalized spacial score (nSPS) is 17.6. The van der Waals surface area contributed by atoms with Crippen LogP contribution in [0.3, 0.4) is 0 Å². The Bertz CT molecular complexity index is 1260. The van der Waals surface area contributed by atoms with Gasteiger partial charge in [-0.1, -0.05) is 0 Å². The minimum Gasteiger partial charge on any atom is -0.444 e. The number of carbonyl (C=O) groups is 2. The highest BCUT2D eigenvalue weighted by Crippen LogP contribution is 2.34. The van der Waals surface area contributed by atoms with Crippen molar-refractivity contribution in [1.82, 2.24) is 35.0 Å². The van der Waals surface area contributed by atoms with E-state index in [0.717, 1.165) is 17.6 Å². The fourth-order valence-corrected chi connectivity index (χ4v) is 4.59. The minimum absolute atomic E-state index is 0.0442. The highest BCUT2D eigenvalue weighted by atomic mass is 16.6. The molecule has 1 aliphatic heterocycles. The van der Waals surface area contributed by atoms with Crippen LogP contribution < -0.4 is 15.5 Å². The molecule has 5 rings (SSSR count). The number of carbonyl (C=O) groups excluding carboxylic acids is 2. The minimum atomic E-state index is -0.871. The number of amides is 2. The number of hydrogen-bond acceptors (Lipinski definition) is 8. The molecule has 0 radical (unpaired) electrons. The van der Waals surface area contributed by atoms with Crippen LogP contribution >= 0.6 is 0 Å². The molecule has 0 unspecified atom stereocenters. The van der Waals surface area contributed by atoms with Crippen LogP contribution in [-0.4, -0.2) is 79.0 Å². The number of aromatic amines is 1. The van der Waals surface area contributed by atoms with Crippen LogP contribution in [-0.2, 0) is 9.53 Å². The second kappa shape index (κ2) is 8.99. The van der Waals surface area contributed by atoms with Crippen LogP contribution in [0, 0.1) is 6.92 Å². The number of alkyl carbamates (subject to hydrolysis) is 1. The topological polar surface area (TPSA) is 133 Å². The Balaban J connectivity index is 1.27. The Morgan fingerprint density at radius 1 is 1.17 bits per heavy atom. The van der Waals surface area contributed by atoms with Crippen LogP contribution in [0.5, 0.6) is 0 Å². The first-order valence-electron chi connectivity index (χ1n) is 12.3. The lowest BCUT2D eigenvalue weighted by Gasteiger charge is -2.45. The Hall–Kier alpha value is -3.83. The Kier molecular flexibility index (Phi) is 5.97. The third-order valence-corrected chi connectivity index (χ3v) is 6.54. The number of anilines is 3. The summed E-state index contributed by atoms with van der Waals surface area (Å²) in [6.07, 6.45) is 3.48. The summed E-state index contributed by atoms with van der Waals surface area (Å²) in [5, 5.41) is 18.0. The van der Waals surface area contributed by atoms with Crippen molar-refractivity contribution in [2.45, 2.75) is 58.1 Å². The monoisotopic (exact) mass is 495 g/mol. The molecule has 2 fully saturated rings. The van der Waals surface area contributed by atoms with Crippen molar-refractivity contribution in [2.24, 2.45) is 0 Å². The van der Waals surface area contributed by atoms with Crippen molar-refractivity contribution in [3.05, 3.63) is 30.1 Å². The SMILES string of the molecule is Cc1cc(Nc2nc(N3CCN(C(=O)C4(NC(=O)OC(C)(C)C)CCC4)CC3)nn3cccc23)n[nH]1. The van der Waals surface area contributed by atoms with Gasteiger partial charge in [0, 0.05) is 44.1 Å². The lowest BCUT2D eigenvalue weighted by atomic mass is 9.75. The molecule has 0 atom stereocenters. The number of hydrogen-bond donors (Lipinski definition) is 3. The van der Waals surface area contributed by atoms with Gasteiger partial charge in [-0.3, -0.25) is 9.89 Å². The molecule has 4 heterocycles. The van der Waals surface area contributed by atoms with E-state index in [4.69, 9.17) is 9.72 Å². The summed E-state index contributed by atoms with van der Waals surface area (Å²) in [5.41, 5.74) is 0.302. The van der Waals surface area contributed by atoms with Gasteiger partial charge >= 0.3 is 6.09 Å². The van der Waals surface area contributed by atoms with Gasteiger partial charge in [-0.15, -0.1) is 5.10 Å². The second-order valence-electron chi connectivity index (χ2n) is 10.5. The Labute approximate surface area is 209 Å². The molecule has 192 valence electrons. The van der Waals surface area contributed by atoms with E-state index < -0.39 is 17.2 Å². The average Bonchev–Trinajstić information content (AvgIpc) is 3.43. The van der Waals surface area contributed by atoms with Crippen LogP contribution in [0.4, 0.5) is 22.4 Å². The highest BCUT2D eigenvalue weighted by molar-refractivity contribution is 5.91. The standard InChI is InChI=1S/C24H33N9O3/c1-16-15-18(29-28-16)25-19-17-7-5-10-33(17)30-21(26-19)32-13-11-31(12-14-32)20(34)24(8-6-9-24)27-22(35)36-23(2,3)4/h5,7,10,15H,6,8-9,11-14H2,1-4H3,(H,27,35)(H2,25,26,28,29,30). The first kappa shape index (κ1) is 23.9. The zero-order valence-electron chi connectivity index (χ0n) is 21.2. The fraction of sp³-hybridized carbons (Fsp3) is 0.542. The highest BCUT2D eigenvalue weighted by Gasteiger charge is 2.48. The molecule has 1 aliphatic carbocycles. The third kappa shape index (κ3) is 4.79. The molecule has 1 saturated heterocycles. The van der Waals surface area contributed by atoms with Gasteiger partial charge < -0.3 is 25.2 Å². The van der Waals surface area contributed by atoms with Crippen molar-refractivity contribution in [2.75, 3.05) is 36.4 Å². The Morgan fingerprint density at radius 2 is 1.92 bits per heavy atom. The van der Waals surface area contributed by atoms with Gasteiger partial charge in [-0.05, 0) is 59.1 Å². The molecular weight excluding hydrogens is 462 g/mol. The predicted molar refractivity (Wildman–Crippen MR) is 134 cm³/mol. The number of nitrogens with zero attached hydrogens (tertiary/aromatic N) is 6. The zero-order valence-corrected chi connectivity index (χ0v) is 21.2. The van der Waals surface area contributed by atoms with E-state index in [9.17, 15) is 9.59 Å². The number of aromatic nitrogens is 5. The van der Waals surface area contributed by atoms with Gasteiger partial charge in [0.2, 0.25) is 11.9 Å². The number of ether oxygens (including phenoxy) is 1. The fourth-order valence-electron chi connectivity index (χ4n) is 4.59. The van der Waals surface area contributed by atoms with Crippen molar-refractivity contribution < 1.29 is 14.3 Å². The number of fused-ring (bicyclic) bond motifs is 1. The lowest BCUT2D eigenvalue weighted by Crippen LogP contribution is -2.66. The lowest BCUT2D eigenvalue weighted by molar-refractivity contribution is -0.142. The largest absolute Gasteiger partial charge is 0.444 e. The molecule has 3 aromatic heterocycles. The summed E-state index contributed by atoms with van der Waals surface area (Å²) in [6.45, 7) is 9.58. The zero-order chi connectivity index (χ0) is 25.5. The predicted octanol–water partition coefficient (Wildman–Crippen LogP) is 2.60. The summed E-state index contributed by atoms with van der Waals surface area (Å²) in [6, 6.07) is 5.77. The van der Waals surface area contributed by atoms with Gasteiger partial charge in [0.25, 0.3) is 0 Å². The van der Waals surface area contributed by atoms with E-state index in [1.807, 2.05) is 57.0 Å². The molecular formula is C24H33N9O3. The summed E-state index contributed by atoms with van der Waals surface area (Å²) >= 11 is 0. The molecule has 0 aromatic carbocycles. The van der Waals surface area contributed by atoms with Crippen LogP contribution in [0.2, 0.25) is 0 Å². The van der Waals surface area contributed by atoms with Gasteiger partial charge in [0.05, 0.1) is 0 Å². The quantitative estimate of drug-likeness (QED) is 0.492. The van der Waals surface area contributed by atoms with E-state index in [-0.39, 0.29) is 5.91 Å². The number of rotatable bonds is 5. The molecule has 2 amide bonds. The van der Waals surface area contributed by atoms with Gasteiger partial charge in [0.1, 0.15) is 16.7 Å². The number of nitrogens with one attached hydrogen (secondary N) is 3. The summed E-state index contributed by atoms with van der Waals surface area (Å²) < 4.78 is 7.19. The number of H-pyrrole nitrogens is 1. The van der Waals surface area contributed by atoms with Crippen LogP contribution in [0.25, 0.3) is 5.52 Å². The summed E-state index contributed by atoms with van der Waals surface area (Å²) in [7, 11) is 0. The molecule has 0 spiro atoms. The molecule has 3 aromatic rings. The van der Waals surface area contributed by atoms with Crippen molar-refractivity contribution >= 4 is 35.1 Å². The second-order valence-corrected chi connectivity index (χ2v) is 10.5. The maximum absolute atomic E-state index is 13.4. The molecule has 0 bridgehead atoms. The number of aryl methyl sites for hydroxylation is 1. The number of piperazine rings is 1. The van der Waals surface area contributed by atoms with Gasteiger partial charge in [0.15, 0.2) is 11.6 Å². The van der Waals surface area contributed by atoms with Gasteiger partial charge in [-0.25, -0.2) is 9.31 Å². The molecule has 12 nitrogen and oxygen atoms in total. The van der Waals surface area contributed by atoms with Gasteiger partial charge in [-0.2, -0.15) is 10.1 Å². The average molecular weight is 496 g/mol. The van der Waals surface area contributed by atoms with E-state index in [0.29, 0.717) is 56.6 Å². The van der Waals surface area contributed by atoms with E-state index in [1.54, 1.807) is 4.52 Å². The molecule has 36 heavy (non-hydrogen) atoms. The summed E-state index contributed by atoms with van der Waals surface area (Å²) in [4.78, 5) is 34.5. The maximum Gasteiger partial charge on any atom is 0.408 e. The van der Waals surface area contributed by atoms with Crippen molar-refractivity contribution in [3.8, 4) is 0 Å². The van der Waals surface area contributed by atoms with Crippen molar-refractivity contribution in [1.29, 1.82) is 0 Å². The van der Waals surface area contributed by atoms with E-state index in [1.165, 1.54) is 0 Å². The first-order valence-corrected chi connectivity index (χ1v) is 12.3. The van der Waals surface area contributed by atoms with Crippen LogP contribution in [0.15, 0.2) is 24.4 Å². The maximum atomic E-state index is 13.4. The smallest absolute Gasteiger partial charge is 0.408 e. The first-order chi connectivity index (χ1) is 17.1.